The van der Waals surface area contributed by atoms with Gasteiger partial charge in [-0.2, -0.15) is 0 Å². The quantitative estimate of drug-likeness (QED) is 0.904. The van der Waals surface area contributed by atoms with Crippen molar-refractivity contribution < 1.29 is 0 Å². The van der Waals surface area contributed by atoms with Gasteiger partial charge in [-0.15, -0.1) is 0 Å². The Balaban J connectivity index is 2.02. The van der Waals surface area contributed by atoms with Crippen LogP contribution in [0.25, 0.3) is 0 Å². The second-order valence-electron chi connectivity index (χ2n) is 4.89. The molecule has 2 rings (SSSR count). The van der Waals surface area contributed by atoms with E-state index in [1.807, 2.05) is 0 Å². The van der Waals surface area contributed by atoms with Crippen LogP contribution < -0.4 is 5.73 Å². The van der Waals surface area contributed by atoms with Crippen molar-refractivity contribution >= 4 is 15.9 Å². The van der Waals surface area contributed by atoms with Crippen LogP contribution in [0, 0.1) is 5.92 Å². The molecule has 1 fully saturated rings. The van der Waals surface area contributed by atoms with E-state index in [4.69, 9.17) is 5.73 Å². The monoisotopic (exact) mass is 282 g/mol. The molecule has 16 heavy (non-hydrogen) atoms. The van der Waals surface area contributed by atoms with E-state index in [0.717, 1.165) is 26.1 Å². The SMILES string of the molecule is CC1CC(N)CN(Cc2ccccc2Br)C1. The Morgan fingerprint density at radius 3 is 2.81 bits per heavy atom. The summed E-state index contributed by atoms with van der Waals surface area (Å²) < 4.78 is 1.20. The van der Waals surface area contributed by atoms with Crippen LogP contribution >= 0.6 is 15.9 Å². The number of hydrogen-bond donors (Lipinski definition) is 1. The molecule has 2 nitrogen and oxygen atoms in total. The van der Waals surface area contributed by atoms with E-state index in [-0.39, 0.29) is 0 Å². The molecular formula is C13H19BrN2. The summed E-state index contributed by atoms with van der Waals surface area (Å²) in [5.41, 5.74) is 7.40. The number of halogens is 1. The summed E-state index contributed by atoms with van der Waals surface area (Å²) in [6, 6.07) is 8.76. The van der Waals surface area contributed by atoms with Crippen LogP contribution in [0.4, 0.5) is 0 Å². The van der Waals surface area contributed by atoms with Crippen LogP contribution in [-0.2, 0) is 6.54 Å². The minimum Gasteiger partial charge on any atom is -0.327 e. The summed E-state index contributed by atoms with van der Waals surface area (Å²) in [6.07, 6.45) is 1.16. The summed E-state index contributed by atoms with van der Waals surface area (Å²) in [4.78, 5) is 2.46. The number of nitrogens with two attached hydrogens (primary N) is 1. The molecule has 1 aromatic carbocycles. The normalized spacial score (nSPS) is 26.9. The topological polar surface area (TPSA) is 29.3 Å². The summed E-state index contributed by atoms with van der Waals surface area (Å²) >= 11 is 3.60. The van der Waals surface area contributed by atoms with Gasteiger partial charge in [0.25, 0.3) is 0 Å². The summed E-state index contributed by atoms with van der Waals surface area (Å²) in [5, 5.41) is 0. The summed E-state index contributed by atoms with van der Waals surface area (Å²) in [7, 11) is 0. The molecule has 0 bridgehead atoms. The summed E-state index contributed by atoms with van der Waals surface area (Å²) in [5.74, 6) is 0.714. The Labute approximate surface area is 106 Å². The third-order valence-electron chi connectivity index (χ3n) is 3.12. The zero-order chi connectivity index (χ0) is 11.5. The van der Waals surface area contributed by atoms with E-state index in [1.165, 1.54) is 10.0 Å². The van der Waals surface area contributed by atoms with Gasteiger partial charge in [0.1, 0.15) is 0 Å². The molecule has 1 aliphatic rings. The van der Waals surface area contributed by atoms with Crippen molar-refractivity contribution in [3.63, 3.8) is 0 Å². The van der Waals surface area contributed by atoms with E-state index in [1.54, 1.807) is 0 Å². The third-order valence-corrected chi connectivity index (χ3v) is 3.89. The lowest BCUT2D eigenvalue weighted by molar-refractivity contribution is 0.158. The molecule has 2 atom stereocenters. The Kier molecular flexibility index (Phi) is 4.00. The van der Waals surface area contributed by atoms with Gasteiger partial charge in [-0.05, 0) is 24.0 Å². The fourth-order valence-electron chi connectivity index (χ4n) is 2.51. The zero-order valence-corrected chi connectivity index (χ0v) is 11.3. The maximum Gasteiger partial charge on any atom is 0.0245 e. The van der Waals surface area contributed by atoms with E-state index < -0.39 is 0 Å². The van der Waals surface area contributed by atoms with Crippen LogP contribution in [0.15, 0.2) is 28.7 Å². The zero-order valence-electron chi connectivity index (χ0n) is 9.70. The molecule has 0 radical (unpaired) electrons. The van der Waals surface area contributed by atoms with Gasteiger partial charge < -0.3 is 5.73 Å². The summed E-state index contributed by atoms with van der Waals surface area (Å²) in [6.45, 7) is 5.46. The molecule has 0 aliphatic carbocycles. The molecule has 1 heterocycles. The lowest BCUT2D eigenvalue weighted by atomic mass is 9.96. The number of benzene rings is 1. The van der Waals surface area contributed by atoms with Gasteiger partial charge in [-0.1, -0.05) is 41.1 Å². The van der Waals surface area contributed by atoms with Gasteiger partial charge in [-0.25, -0.2) is 0 Å². The maximum absolute atomic E-state index is 6.05. The Morgan fingerprint density at radius 2 is 2.12 bits per heavy atom. The number of likely N-dealkylation sites (tertiary alicyclic amines) is 1. The smallest absolute Gasteiger partial charge is 0.0245 e. The molecule has 0 saturated carbocycles. The number of piperidine rings is 1. The highest BCUT2D eigenvalue weighted by Gasteiger charge is 2.22. The minimum atomic E-state index is 0.339. The molecule has 1 aromatic rings. The number of hydrogen-bond acceptors (Lipinski definition) is 2. The lowest BCUT2D eigenvalue weighted by Crippen LogP contribution is -2.45. The van der Waals surface area contributed by atoms with Crippen LogP contribution in [-0.4, -0.2) is 24.0 Å². The van der Waals surface area contributed by atoms with Gasteiger partial charge >= 0.3 is 0 Å². The van der Waals surface area contributed by atoms with E-state index in [2.05, 4.69) is 52.0 Å². The van der Waals surface area contributed by atoms with Crippen molar-refractivity contribution in [2.24, 2.45) is 11.7 Å². The van der Waals surface area contributed by atoms with Crippen LogP contribution in [0.3, 0.4) is 0 Å². The van der Waals surface area contributed by atoms with Gasteiger partial charge in [0.2, 0.25) is 0 Å². The van der Waals surface area contributed by atoms with Gasteiger partial charge in [0.05, 0.1) is 0 Å². The van der Waals surface area contributed by atoms with Crippen molar-refractivity contribution in [1.82, 2.24) is 4.90 Å². The van der Waals surface area contributed by atoms with Gasteiger partial charge in [0.15, 0.2) is 0 Å². The molecule has 0 amide bonds. The van der Waals surface area contributed by atoms with Gasteiger partial charge in [-0.3, -0.25) is 4.90 Å². The molecule has 0 spiro atoms. The largest absolute Gasteiger partial charge is 0.327 e. The van der Waals surface area contributed by atoms with Crippen LogP contribution in [0.2, 0.25) is 0 Å². The van der Waals surface area contributed by atoms with E-state index in [9.17, 15) is 0 Å². The predicted octanol–water partition coefficient (Wildman–Crippen LogP) is 2.62. The molecular weight excluding hydrogens is 264 g/mol. The van der Waals surface area contributed by atoms with Crippen molar-refractivity contribution in [1.29, 1.82) is 0 Å². The molecule has 1 aliphatic heterocycles. The van der Waals surface area contributed by atoms with Gasteiger partial charge in [0, 0.05) is 30.1 Å². The van der Waals surface area contributed by atoms with Crippen molar-refractivity contribution in [3.05, 3.63) is 34.3 Å². The first-order valence-electron chi connectivity index (χ1n) is 5.86. The second kappa shape index (κ2) is 5.30. The average Bonchev–Trinajstić information content (AvgIpc) is 2.20. The first-order chi connectivity index (χ1) is 7.65. The maximum atomic E-state index is 6.05. The Hall–Kier alpha value is -0.380. The molecule has 88 valence electrons. The van der Waals surface area contributed by atoms with E-state index in [0.29, 0.717) is 12.0 Å². The molecule has 3 heteroatoms. The highest BCUT2D eigenvalue weighted by Crippen LogP contribution is 2.21. The average molecular weight is 283 g/mol. The molecule has 2 N–H and O–H groups in total. The minimum absolute atomic E-state index is 0.339. The molecule has 2 unspecified atom stereocenters. The fourth-order valence-corrected chi connectivity index (χ4v) is 2.92. The highest BCUT2D eigenvalue weighted by atomic mass is 79.9. The first-order valence-corrected chi connectivity index (χ1v) is 6.66. The fraction of sp³-hybridized carbons (Fsp3) is 0.538. The number of nitrogens with zero attached hydrogens (tertiary/aromatic N) is 1. The molecule has 1 saturated heterocycles. The third kappa shape index (κ3) is 3.06. The van der Waals surface area contributed by atoms with Crippen LogP contribution in [0.5, 0.6) is 0 Å². The van der Waals surface area contributed by atoms with Crippen molar-refractivity contribution in [2.45, 2.75) is 25.9 Å². The predicted molar refractivity (Wildman–Crippen MR) is 71.2 cm³/mol. The van der Waals surface area contributed by atoms with Crippen molar-refractivity contribution in [2.75, 3.05) is 13.1 Å². The van der Waals surface area contributed by atoms with E-state index >= 15 is 0 Å². The Bertz CT molecular complexity index is 344. The highest BCUT2D eigenvalue weighted by molar-refractivity contribution is 9.10. The standard InChI is InChI=1S/C13H19BrN2/c1-10-6-12(15)9-16(7-10)8-11-4-2-3-5-13(11)14/h2-5,10,12H,6-9,15H2,1H3. The first kappa shape index (κ1) is 12.1. The van der Waals surface area contributed by atoms with Crippen molar-refractivity contribution in [3.8, 4) is 0 Å². The van der Waals surface area contributed by atoms with Crippen LogP contribution in [0.1, 0.15) is 18.9 Å². The number of rotatable bonds is 2. The Morgan fingerprint density at radius 1 is 1.38 bits per heavy atom. The lowest BCUT2D eigenvalue weighted by Gasteiger charge is -2.34. The molecule has 0 aromatic heterocycles. The second-order valence-corrected chi connectivity index (χ2v) is 5.74.